The summed E-state index contributed by atoms with van der Waals surface area (Å²) in [7, 11) is 0. The highest BCUT2D eigenvalue weighted by atomic mass is 16.3. The number of nitrogens with zero attached hydrogens (tertiary/aromatic N) is 4. The lowest BCUT2D eigenvalue weighted by Gasteiger charge is -2.11. The number of hydrogen-bond acceptors (Lipinski definition) is 4. The van der Waals surface area contributed by atoms with Crippen LogP contribution >= 0.6 is 0 Å². The van der Waals surface area contributed by atoms with E-state index in [1.807, 2.05) is 72.8 Å². The van der Waals surface area contributed by atoms with Gasteiger partial charge in [0.15, 0.2) is 11.6 Å². The molecule has 0 aliphatic carbocycles. The number of para-hydroxylation sites is 2. The Morgan fingerprint density at radius 2 is 1.10 bits per heavy atom. The fraction of sp³-hybridized carbons (Fsp3) is 0. The number of rotatable bonds is 3. The summed E-state index contributed by atoms with van der Waals surface area (Å²) in [6.07, 6.45) is 0. The van der Waals surface area contributed by atoms with Crippen molar-refractivity contribution in [2.75, 3.05) is 0 Å². The molecule has 5 heteroatoms. The molecular weight excluding hydrogens is 516 g/mol. The van der Waals surface area contributed by atoms with Gasteiger partial charge in [0, 0.05) is 32.7 Å². The van der Waals surface area contributed by atoms with E-state index in [2.05, 4.69) is 65.2 Å². The van der Waals surface area contributed by atoms with Gasteiger partial charge in [-0.2, -0.15) is 9.97 Å². The van der Waals surface area contributed by atoms with Crippen LogP contribution in [0.3, 0.4) is 0 Å². The van der Waals surface area contributed by atoms with Crippen molar-refractivity contribution in [3.05, 3.63) is 133 Å². The number of furan rings is 1. The van der Waals surface area contributed by atoms with Gasteiger partial charge in [0.2, 0.25) is 5.95 Å². The lowest BCUT2D eigenvalue weighted by atomic mass is 10.0. The summed E-state index contributed by atoms with van der Waals surface area (Å²) < 4.78 is 8.38. The van der Waals surface area contributed by atoms with Gasteiger partial charge in [-0.25, -0.2) is 4.98 Å². The Labute approximate surface area is 240 Å². The normalized spacial score (nSPS) is 11.8. The van der Waals surface area contributed by atoms with E-state index >= 15 is 0 Å². The van der Waals surface area contributed by atoms with Crippen LogP contribution in [0.4, 0.5) is 0 Å². The third-order valence-electron chi connectivity index (χ3n) is 8.04. The quantitative estimate of drug-likeness (QED) is 0.225. The Kier molecular flexibility index (Phi) is 4.83. The highest BCUT2D eigenvalue weighted by Crippen LogP contribution is 2.40. The minimum atomic E-state index is 0.586. The fourth-order valence-electron chi connectivity index (χ4n) is 6.12. The van der Waals surface area contributed by atoms with Gasteiger partial charge in [-0.15, -0.1) is 0 Å². The Hall–Kier alpha value is -5.81. The number of hydrogen-bond donors (Lipinski definition) is 0. The summed E-state index contributed by atoms with van der Waals surface area (Å²) >= 11 is 0. The molecule has 6 aromatic carbocycles. The van der Waals surface area contributed by atoms with E-state index in [9.17, 15) is 0 Å². The van der Waals surface area contributed by atoms with Crippen LogP contribution in [0.15, 0.2) is 138 Å². The molecular formula is C37H22N4O. The van der Waals surface area contributed by atoms with E-state index in [0.29, 0.717) is 17.6 Å². The zero-order valence-corrected chi connectivity index (χ0v) is 22.4. The average Bonchev–Trinajstić information content (AvgIpc) is 3.59. The van der Waals surface area contributed by atoms with Crippen LogP contribution in [0.2, 0.25) is 0 Å². The predicted octanol–water partition coefficient (Wildman–Crippen LogP) is 9.36. The lowest BCUT2D eigenvalue weighted by Crippen LogP contribution is -2.06. The first kappa shape index (κ1) is 22.9. The summed E-state index contributed by atoms with van der Waals surface area (Å²) in [6, 6.07) is 45.6. The third-order valence-corrected chi connectivity index (χ3v) is 8.04. The molecule has 0 bridgehead atoms. The predicted molar refractivity (Wildman–Crippen MR) is 170 cm³/mol. The van der Waals surface area contributed by atoms with Crippen LogP contribution < -0.4 is 0 Å². The van der Waals surface area contributed by atoms with Crippen LogP contribution in [-0.4, -0.2) is 19.5 Å². The molecule has 0 saturated heterocycles. The van der Waals surface area contributed by atoms with Crippen molar-refractivity contribution >= 4 is 54.5 Å². The molecule has 0 atom stereocenters. The minimum absolute atomic E-state index is 0.586. The molecule has 9 rings (SSSR count). The molecule has 0 amide bonds. The lowest BCUT2D eigenvalue weighted by molar-refractivity contribution is 0.669. The maximum Gasteiger partial charge on any atom is 0.238 e. The molecule has 0 fully saturated rings. The third kappa shape index (κ3) is 3.40. The zero-order valence-electron chi connectivity index (χ0n) is 22.4. The van der Waals surface area contributed by atoms with Crippen LogP contribution in [0.1, 0.15) is 0 Å². The van der Waals surface area contributed by atoms with Crippen molar-refractivity contribution < 1.29 is 4.42 Å². The molecule has 0 spiro atoms. The van der Waals surface area contributed by atoms with Crippen LogP contribution in [0, 0.1) is 0 Å². The van der Waals surface area contributed by atoms with Gasteiger partial charge in [0.1, 0.15) is 11.2 Å². The number of aromatic nitrogens is 4. The zero-order chi connectivity index (χ0) is 27.6. The maximum absolute atomic E-state index is 6.21. The van der Waals surface area contributed by atoms with E-state index in [-0.39, 0.29) is 0 Å². The van der Waals surface area contributed by atoms with Gasteiger partial charge in [-0.3, -0.25) is 4.57 Å². The summed E-state index contributed by atoms with van der Waals surface area (Å²) in [4.78, 5) is 15.0. The van der Waals surface area contributed by atoms with E-state index in [0.717, 1.165) is 54.9 Å². The molecule has 0 N–H and O–H groups in total. The van der Waals surface area contributed by atoms with Gasteiger partial charge in [-0.05, 0) is 41.1 Å². The Morgan fingerprint density at radius 3 is 1.83 bits per heavy atom. The first-order chi connectivity index (χ1) is 20.8. The molecule has 196 valence electrons. The molecule has 42 heavy (non-hydrogen) atoms. The standard InChI is InChI=1S/C37H22N4O/c1-3-11-23(12-4-1)35-38-36(24-13-5-2-6-14-24)40-37(39-35)41-30-17-9-7-16-27(30)34-28-22-29-26-15-8-10-18-32(26)42-33(29)21-25(28)19-20-31(34)41/h1-22H. The molecule has 3 aromatic heterocycles. The van der Waals surface area contributed by atoms with Crippen LogP contribution in [-0.2, 0) is 0 Å². The maximum atomic E-state index is 6.21. The number of fused-ring (bicyclic) bond motifs is 8. The van der Waals surface area contributed by atoms with Crippen molar-refractivity contribution in [2.45, 2.75) is 0 Å². The monoisotopic (exact) mass is 538 g/mol. The molecule has 0 saturated carbocycles. The van der Waals surface area contributed by atoms with Gasteiger partial charge in [-0.1, -0.05) is 103 Å². The Morgan fingerprint density at radius 1 is 0.452 bits per heavy atom. The van der Waals surface area contributed by atoms with Crippen molar-refractivity contribution in [2.24, 2.45) is 0 Å². The van der Waals surface area contributed by atoms with Crippen molar-refractivity contribution in [3.8, 4) is 28.7 Å². The Balaban J connectivity index is 1.39. The summed E-state index contributed by atoms with van der Waals surface area (Å²) in [5, 5.41) is 6.84. The second-order valence-electron chi connectivity index (χ2n) is 10.5. The first-order valence-electron chi connectivity index (χ1n) is 14.0. The smallest absolute Gasteiger partial charge is 0.238 e. The average molecular weight is 539 g/mol. The molecule has 0 aliphatic rings. The molecule has 0 aliphatic heterocycles. The topological polar surface area (TPSA) is 56.7 Å². The van der Waals surface area contributed by atoms with Gasteiger partial charge < -0.3 is 4.42 Å². The van der Waals surface area contributed by atoms with Gasteiger partial charge in [0.25, 0.3) is 0 Å². The number of benzene rings is 6. The minimum Gasteiger partial charge on any atom is -0.456 e. The fourth-order valence-corrected chi connectivity index (χ4v) is 6.12. The molecule has 3 heterocycles. The molecule has 5 nitrogen and oxygen atoms in total. The summed E-state index contributed by atoms with van der Waals surface area (Å²) in [5.74, 6) is 1.86. The molecule has 0 radical (unpaired) electrons. The van der Waals surface area contributed by atoms with Crippen molar-refractivity contribution in [1.29, 1.82) is 0 Å². The second kappa shape index (κ2) is 8.85. The molecule has 0 unspecified atom stereocenters. The Bertz CT molecular complexity index is 2400. The highest BCUT2D eigenvalue weighted by Gasteiger charge is 2.20. The van der Waals surface area contributed by atoms with Gasteiger partial charge >= 0.3 is 0 Å². The SMILES string of the molecule is c1ccc(-c2nc(-c3ccccc3)nc(-n3c4ccccc4c4c5cc6c(cc5ccc43)oc3ccccc36)n2)cc1. The summed E-state index contributed by atoms with van der Waals surface area (Å²) in [5.41, 5.74) is 5.76. The van der Waals surface area contributed by atoms with E-state index in [1.54, 1.807) is 0 Å². The second-order valence-corrected chi connectivity index (χ2v) is 10.5. The molecule has 9 aromatic rings. The van der Waals surface area contributed by atoms with Crippen LogP contribution in [0.25, 0.3) is 83.2 Å². The van der Waals surface area contributed by atoms with E-state index < -0.39 is 0 Å². The van der Waals surface area contributed by atoms with E-state index in [4.69, 9.17) is 19.4 Å². The van der Waals surface area contributed by atoms with Gasteiger partial charge in [0.05, 0.1) is 11.0 Å². The van der Waals surface area contributed by atoms with Crippen molar-refractivity contribution in [1.82, 2.24) is 19.5 Å². The van der Waals surface area contributed by atoms with E-state index in [1.165, 1.54) is 10.8 Å². The largest absolute Gasteiger partial charge is 0.456 e. The van der Waals surface area contributed by atoms with Crippen LogP contribution in [0.5, 0.6) is 0 Å². The summed E-state index contributed by atoms with van der Waals surface area (Å²) in [6.45, 7) is 0. The highest BCUT2D eigenvalue weighted by molar-refractivity contribution is 6.24. The first-order valence-corrected chi connectivity index (χ1v) is 14.0. The van der Waals surface area contributed by atoms with Crippen molar-refractivity contribution in [3.63, 3.8) is 0 Å².